The highest BCUT2D eigenvalue weighted by molar-refractivity contribution is 8.00. The second-order valence-corrected chi connectivity index (χ2v) is 5.06. The van der Waals surface area contributed by atoms with Crippen LogP contribution in [0.2, 0.25) is 0 Å². The van der Waals surface area contributed by atoms with E-state index in [2.05, 4.69) is 0 Å². The summed E-state index contributed by atoms with van der Waals surface area (Å²) in [6, 6.07) is 5.28. The lowest BCUT2D eigenvalue weighted by molar-refractivity contribution is -0.137. The molecule has 1 heterocycles. The number of carboxylic acids is 1. The number of aliphatic hydroxyl groups excluding tert-OH is 1. The van der Waals surface area contributed by atoms with Crippen LogP contribution in [-0.2, 0) is 4.79 Å². The van der Waals surface area contributed by atoms with E-state index in [1.54, 1.807) is 18.2 Å². The minimum absolute atomic E-state index is 0.408. The van der Waals surface area contributed by atoms with Gasteiger partial charge < -0.3 is 19.7 Å². The zero-order valence-corrected chi connectivity index (χ0v) is 10.5. The number of ether oxygens (including phenoxy) is 2. The van der Waals surface area contributed by atoms with Crippen molar-refractivity contribution in [3.63, 3.8) is 0 Å². The van der Waals surface area contributed by atoms with Crippen LogP contribution in [-0.4, -0.2) is 41.3 Å². The summed E-state index contributed by atoms with van der Waals surface area (Å²) in [5, 5.41) is 17.0. The van der Waals surface area contributed by atoms with Gasteiger partial charge in [-0.3, -0.25) is 4.79 Å². The Morgan fingerprint density at radius 1 is 1.33 bits per heavy atom. The fourth-order valence-electron chi connectivity index (χ4n) is 1.55. The minimum atomic E-state index is -1.03. The molecule has 0 spiro atoms. The molecule has 18 heavy (non-hydrogen) atoms. The standard InChI is InChI=1S/C12H14O5S/c13-7-11(12(14)15)18-8-2-3-9-10(6-8)17-5-1-4-16-9/h2-3,6,11,13H,1,4-5,7H2,(H,14,15). The van der Waals surface area contributed by atoms with E-state index in [1.807, 2.05) is 0 Å². The van der Waals surface area contributed by atoms with Gasteiger partial charge >= 0.3 is 5.97 Å². The molecule has 0 fully saturated rings. The fraction of sp³-hybridized carbons (Fsp3) is 0.417. The molecule has 1 aromatic rings. The Balaban J connectivity index is 2.15. The van der Waals surface area contributed by atoms with Gasteiger partial charge in [0.25, 0.3) is 0 Å². The van der Waals surface area contributed by atoms with Crippen molar-refractivity contribution in [2.75, 3.05) is 19.8 Å². The molecule has 2 rings (SSSR count). The van der Waals surface area contributed by atoms with Crippen LogP contribution >= 0.6 is 11.8 Å². The summed E-state index contributed by atoms with van der Waals surface area (Å²) < 4.78 is 11.0. The Labute approximate surface area is 109 Å². The molecule has 0 amide bonds. The first-order valence-corrected chi connectivity index (χ1v) is 6.48. The third kappa shape index (κ3) is 3.08. The van der Waals surface area contributed by atoms with Crippen molar-refractivity contribution in [3.8, 4) is 11.5 Å². The highest BCUT2D eigenvalue weighted by Crippen LogP contribution is 2.35. The van der Waals surface area contributed by atoms with Crippen LogP contribution < -0.4 is 9.47 Å². The summed E-state index contributed by atoms with van der Waals surface area (Å²) in [6.07, 6.45) is 0.825. The average Bonchev–Trinajstić information content (AvgIpc) is 2.60. The smallest absolute Gasteiger partial charge is 0.319 e. The largest absolute Gasteiger partial charge is 0.490 e. The van der Waals surface area contributed by atoms with Crippen LogP contribution in [0.25, 0.3) is 0 Å². The molecule has 5 nitrogen and oxygen atoms in total. The van der Waals surface area contributed by atoms with E-state index >= 15 is 0 Å². The number of aliphatic carboxylic acids is 1. The summed E-state index contributed by atoms with van der Waals surface area (Å²) in [4.78, 5) is 11.6. The number of carbonyl (C=O) groups is 1. The predicted molar refractivity (Wildman–Crippen MR) is 66.4 cm³/mol. The maximum atomic E-state index is 10.8. The van der Waals surface area contributed by atoms with Crippen molar-refractivity contribution in [2.24, 2.45) is 0 Å². The number of thioether (sulfide) groups is 1. The zero-order valence-electron chi connectivity index (χ0n) is 9.67. The van der Waals surface area contributed by atoms with Crippen LogP contribution in [0.5, 0.6) is 11.5 Å². The number of rotatable bonds is 4. The molecule has 0 bridgehead atoms. The lowest BCUT2D eigenvalue weighted by Crippen LogP contribution is -2.20. The van der Waals surface area contributed by atoms with Crippen LogP contribution in [0.1, 0.15) is 6.42 Å². The van der Waals surface area contributed by atoms with E-state index in [4.69, 9.17) is 19.7 Å². The highest BCUT2D eigenvalue weighted by Gasteiger charge is 2.19. The third-order valence-corrected chi connectivity index (χ3v) is 3.60. The number of benzene rings is 1. The van der Waals surface area contributed by atoms with Gasteiger partial charge in [0.1, 0.15) is 5.25 Å². The maximum Gasteiger partial charge on any atom is 0.319 e. The molecule has 0 radical (unpaired) electrons. The topological polar surface area (TPSA) is 76.0 Å². The maximum absolute atomic E-state index is 10.8. The van der Waals surface area contributed by atoms with Crippen molar-refractivity contribution in [3.05, 3.63) is 18.2 Å². The Kier molecular flexibility index (Phi) is 4.33. The van der Waals surface area contributed by atoms with Gasteiger partial charge in [-0.15, -0.1) is 11.8 Å². The monoisotopic (exact) mass is 270 g/mol. The average molecular weight is 270 g/mol. The summed E-state index contributed by atoms with van der Waals surface area (Å²) in [6.45, 7) is 0.797. The molecule has 1 atom stereocenters. The number of hydrogen-bond acceptors (Lipinski definition) is 5. The zero-order chi connectivity index (χ0) is 13.0. The molecule has 0 aromatic heterocycles. The van der Waals surface area contributed by atoms with Crippen molar-refractivity contribution >= 4 is 17.7 Å². The molecule has 6 heteroatoms. The molecule has 1 aliphatic heterocycles. The van der Waals surface area contributed by atoms with Crippen LogP contribution in [0.15, 0.2) is 23.1 Å². The predicted octanol–water partition coefficient (Wildman–Crippen LogP) is 1.39. The summed E-state index contributed by atoms with van der Waals surface area (Å²) in [7, 11) is 0. The number of fused-ring (bicyclic) bond motifs is 1. The van der Waals surface area contributed by atoms with Crippen molar-refractivity contribution in [2.45, 2.75) is 16.6 Å². The Morgan fingerprint density at radius 2 is 2.06 bits per heavy atom. The van der Waals surface area contributed by atoms with Gasteiger partial charge in [0.15, 0.2) is 11.5 Å². The van der Waals surface area contributed by atoms with Crippen molar-refractivity contribution < 1.29 is 24.5 Å². The Bertz CT molecular complexity index is 434. The molecule has 1 aromatic carbocycles. The quantitative estimate of drug-likeness (QED) is 0.805. The van der Waals surface area contributed by atoms with Crippen molar-refractivity contribution in [1.29, 1.82) is 0 Å². The van der Waals surface area contributed by atoms with E-state index in [1.165, 1.54) is 0 Å². The van der Waals surface area contributed by atoms with Crippen LogP contribution in [0.3, 0.4) is 0 Å². The first-order chi connectivity index (χ1) is 8.70. The van der Waals surface area contributed by atoms with E-state index in [0.717, 1.165) is 23.1 Å². The van der Waals surface area contributed by atoms with Crippen LogP contribution in [0, 0.1) is 0 Å². The van der Waals surface area contributed by atoms with Crippen LogP contribution in [0.4, 0.5) is 0 Å². The summed E-state index contributed by atoms with van der Waals surface area (Å²) in [5.74, 6) is 0.266. The van der Waals surface area contributed by atoms with E-state index in [-0.39, 0.29) is 0 Å². The fourth-order valence-corrected chi connectivity index (χ4v) is 2.37. The van der Waals surface area contributed by atoms with Gasteiger partial charge in [-0.25, -0.2) is 0 Å². The van der Waals surface area contributed by atoms with Gasteiger partial charge in [-0.05, 0) is 18.2 Å². The molecule has 0 saturated carbocycles. The van der Waals surface area contributed by atoms with E-state index < -0.39 is 17.8 Å². The molecule has 2 N–H and O–H groups in total. The first kappa shape index (κ1) is 13.0. The first-order valence-electron chi connectivity index (χ1n) is 5.60. The number of aliphatic hydroxyl groups is 1. The van der Waals surface area contributed by atoms with Gasteiger partial charge in [0.05, 0.1) is 19.8 Å². The SMILES string of the molecule is O=C(O)C(CO)Sc1ccc2c(c1)OCCCO2. The Hall–Kier alpha value is -1.40. The van der Waals surface area contributed by atoms with Gasteiger partial charge in [-0.1, -0.05) is 0 Å². The number of carboxylic acid groups (broad SMARTS) is 1. The Morgan fingerprint density at radius 3 is 2.72 bits per heavy atom. The van der Waals surface area contributed by atoms with Gasteiger partial charge in [0, 0.05) is 11.3 Å². The summed E-state index contributed by atoms with van der Waals surface area (Å²) in [5.41, 5.74) is 0. The second-order valence-electron chi connectivity index (χ2n) is 3.79. The third-order valence-electron chi connectivity index (χ3n) is 2.44. The normalized spacial score (nSPS) is 15.8. The molecule has 1 aliphatic rings. The van der Waals surface area contributed by atoms with Crippen molar-refractivity contribution in [1.82, 2.24) is 0 Å². The van der Waals surface area contributed by atoms with Gasteiger partial charge in [-0.2, -0.15) is 0 Å². The van der Waals surface area contributed by atoms with E-state index in [9.17, 15) is 4.79 Å². The van der Waals surface area contributed by atoms with Gasteiger partial charge in [0.2, 0.25) is 0 Å². The minimum Gasteiger partial charge on any atom is -0.490 e. The second kappa shape index (κ2) is 5.97. The summed E-state index contributed by atoms with van der Waals surface area (Å²) >= 11 is 1.09. The molecule has 1 unspecified atom stereocenters. The number of hydrogen-bond donors (Lipinski definition) is 2. The molecule has 0 saturated heterocycles. The highest BCUT2D eigenvalue weighted by atomic mass is 32.2. The molecular weight excluding hydrogens is 256 g/mol. The lowest BCUT2D eigenvalue weighted by atomic mass is 10.3. The lowest BCUT2D eigenvalue weighted by Gasteiger charge is -2.11. The molecular formula is C12H14O5S. The molecule has 98 valence electrons. The van der Waals surface area contributed by atoms with E-state index in [0.29, 0.717) is 24.7 Å². The molecule has 0 aliphatic carbocycles.